The van der Waals surface area contributed by atoms with Crippen LogP contribution in [0.3, 0.4) is 0 Å². The van der Waals surface area contributed by atoms with Gasteiger partial charge in [-0.15, -0.1) is 0 Å². The van der Waals surface area contributed by atoms with E-state index < -0.39 is 5.82 Å². The van der Waals surface area contributed by atoms with Crippen LogP contribution in [-0.2, 0) is 5.41 Å². The van der Waals surface area contributed by atoms with Crippen LogP contribution in [0.4, 0.5) is 8.78 Å². The highest BCUT2D eigenvalue weighted by Gasteiger charge is 2.34. The predicted octanol–water partition coefficient (Wildman–Crippen LogP) is 5.33. The summed E-state index contributed by atoms with van der Waals surface area (Å²) in [5, 5.41) is 3.29. The number of nitrogens with one attached hydrogen (secondary N) is 1. The van der Waals surface area contributed by atoms with E-state index in [1.165, 1.54) is 18.2 Å². The van der Waals surface area contributed by atoms with E-state index in [4.69, 9.17) is 0 Å². The summed E-state index contributed by atoms with van der Waals surface area (Å²) in [6, 6.07) is 12.9. The van der Waals surface area contributed by atoms with E-state index in [0.29, 0.717) is 18.0 Å². The Morgan fingerprint density at radius 3 is 2.42 bits per heavy atom. The van der Waals surface area contributed by atoms with Crippen LogP contribution in [-0.4, -0.2) is 27.0 Å². The van der Waals surface area contributed by atoms with Crippen molar-refractivity contribution in [3.05, 3.63) is 89.9 Å². The van der Waals surface area contributed by atoms with Crippen LogP contribution in [0.5, 0.6) is 0 Å². The molecule has 1 N–H and O–H groups in total. The summed E-state index contributed by atoms with van der Waals surface area (Å²) in [6.45, 7) is 0.403. The first kappa shape index (κ1) is 21.2. The summed E-state index contributed by atoms with van der Waals surface area (Å²) in [7, 11) is 0. The molecule has 1 amide bonds. The van der Waals surface area contributed by atoms with Gasteiger partial charge in [0.05, 0.1) is 11.1 Å². The number of amides is 1. The summed E-state index contributed by atoms with van der Waals surface area (Å²) < 4.78 is 30.0. The molecule has 7 heteroatoms. The summed E-state index contributed by atoms with van der Waals surface area (Å²) in [5.41, 5.74) is 1.52. The molecule has 0 unspecified atom stereocenters. The van der Waals surface area contributed by atoms with Crippen molar-refractivity contribution in [1.82, 2.24) is 19.9 Å². The Kier molecular flexibility index (Phi) is 5.62. The van der Waals surface area contributed by atoms with Gasteiger partial charge in [0.15, 0.2) is 0 Å². The smallest absolute Gasteiger partial charge is 0.253 e. The molecule has 2 aromatic heterocycles. The zero-order chi connectivity index (χ0) is 22.8. The van der Waals surface area contributed by atoms with Crippen molar-refractivity contribution < 1.29 is 13.6 Å². The summed E-state index contributed by atoms with van der Waals surface area (Å²) >= 11 is 0. The van der Waals surface area contributed by atoms with E-state index in [9.17, 15) is 13.6 Å². The van der Waals surface area contributed by atoms with Gasteiger partial charge in [-0.1, -0.05) is 37.5 Å². The highest BCUT2D eigenvalue weighted by Crippen LogP contribution is 2.39. The van der Waals surface area contributed by atoms with Crippen molar-refractivity contribution in [2.45, 2.75) is 37.5 Å². The molecule has 0 radical (unpaired) electrons. The molecule has 2 aromatic carbocycles. The van der Waals surface area contributed by atoms with Gasteiger partial charge in [0.25, 0.3) is 5.91 Å². The van der Waals surface area contributed by atoms with E-state index in [1.807, 2.05) is 12.1 Å². The van der Waals surface area contributed by atoms with E-state index in [-0.39, 0.29) is 28.1 Å². The molecule has 5 nitrogen and oxygen atoms in total. The summed E-state index contributed by atoms with van der Waals surface area (Å²) in [5.74, 6) is -0.743. The first-order valence-electron chi connectivity index (χ1n) is 11.2. The Bertz CT molecular complexity index is 1280. The third-order valence-corrected chi connectivity index (χ3v) is 6.65. The lowest BCUT2D eigenvalue weighted by molar-refractivity contribution is 0.0938. The minimum absolute atomic E-state index is 0.237. The number of aromatic nitrogens is 3. The van der Waals surface area contributed by atoms with Gasteiger partial charge in [0.2, 0.25) is 5.95 Å². The molecular formula is C26H24F2N4O. The van der Waals surface area contributed by atoms with Gasteiger partial charge in [-0.2, -0.15) is 0 Å². The lowest BCUT2D eigenvalue weighted by Crippen LogP contribution is -2.42. The van der Waals surface area contributed by atoms with Crippen LogP contribution < -0.4 is 5.32 Å². The number of fused-ring (bicyclic) bond motifs is 1. The second-order valence-electron chi connectivity index (χ2n) is 8.63. The Labute approximate surface area is 190 Å². The Balaban J connectivity index is 1.48. The van der Waals surface area contributed by atoms with Gasteiger partial charge >= 0.3 is 0 Å². The van der Waals surface area contributed by atoms with Gasteiger partial charge in [-0.3, -0.25) is 9.36 Å². The molecule has 1 saturated carbocycles. The molecule has 0 aliphatic heterocycles. The lowest BCUT2D eigenvalue weighted by atomic mass is 9.69. The van der Waals surface area contributed by atoms with Crippen molar-refractivity contribution in [1.29, 1.82) is 0 Å². The second-order valence-corrected chi connectivity index (χ2v) is 8.63. The standard InChI is InChI=1S/C26H24F2N4O/c27-19-10-8-18(9-11-19)26(12-2-1-3-13-26)17-31-24(33)20-16-32(25-29-14-5-15-30-25)22-7-4-6-21(28)23(20)22/h4-11,14-16H,1-3,12-13,17H2,(H,31,33). The topological polar surface area (TPSA) is 59.8 Å². The quantitative estimate of drug-likeness (QED) is 0.451. The zero-order valence-electron chi connectivity index (χ0n) is 18.1. The van der Waals surface area contributed by atoms with Gasteiger partial charge < -0.3 is 5.32 Å². The molecule has 1 fully saturated rings. The molecule has 33 heavy (non-hydrogen) atoms. The van der Waals surface area contributed by atoms with Crippen LogP contribution in [0.1, 0.15) is 48.0 Å². The molecule has 1 aliphatic rings. The zero-order valence-corrected chi connectivity index (χ0v) is 18.1. The van der Waals surface area contributed by atoms with Crippen molar-refractivity contribution in [2.75, 3.05) is 6.54 Å². The number of hydrogen-bond donors (Lipinski definition) is 1. The molecule has 0 saturated heterocycles. The first-order valence-corrected chi connectivity index (χ1v) is 11.2. The average Bonchev–Trinajstić information content (AvgIpc) is 3.25. The maximum Gasteiger partial charge on any atom is 0.253 e. The normalized spacial score (nSPS) is 15.5. The first-order chi connectivity index (χ1) is 16.1. The monoisotopic (exact) mass is 446 g/mol. The van der Waals surface area contributed by atoms with Gasteiger partial charge in [-0.05, 0) is 48.7 Å². The van der Waals surface area contributed by atoms with Crippen molar-refractivity contribution in [3.63, 3.8) is 0 Å². The molecule has 5 rings (SSSR count). The van der Waals surface area contributed by atoms with Gasteiger partial charge in [0.1, 0.15) is 11.6 Å². The predicted molar refractivity (Wildman–Crippen MR) is 122 cm³/mol. The molecular weight excluding hydrogens is 422 g/mol. The SMILES string of the molecule is O=C(NCC1(c2ccc(F)cc2)CCCCC1)c1cn(-c2ncccn2)c2cccc(F)c12. The third kappa shape index (κ3) is 3.99. The summed E-state index contributed by atoms with van der Waals surface area (Å²) in [4.78, 5) is 21.8. The van der Waals surface area contributed by atoms with Crippen LogP contribution in [0.2, 0.25) is 0 Å². The third-order valence-electron chi connectivity index (χ3n) is 6.65. The number of benzene rings is 2. The van der Waals surface area contributed by atoms with E-state index in [0.717, 1.165) is 37.7 Å². The van der Waals surface area contributed by atoms with Crippen molar-refractivity contribution in [2.24, 2.45) is 0 Å². The number of halogens is 2. The molecule has 168 valence electrons. The lowest BCUT2D eigenvalue weighted by Gasteiger charge is -2.38. The maximum atomic E-state index is 14.8. The van der Waals surface area contributed by atoms with E-state index >= 15 is 0 Å². The maximum absolute atomic E-state index is 14.8. The largest absolute Gasteiger partial charge is 0.351 e. The molecule has 0 bridgehead atoms. The number of rotatable bonds is 5. The Hall–Kier alpha value is -3.61. The van der Waals surface area contributed by atoms with Crippen LogP contribution >= 0.6 is 0 Å². The number of nitrogens with zero attached hydrogens (tertiary/aromatic N) is 3. The van der Waals surface area contributed by atoms with Crippen LogP contribution in [0.25, 0.3) is 16.9 Å². The van der Waals surface area contributed by atoms with Gasteiger partial charge in [0, 0.05) is 35.9 Å². The van der Waals surface area contributed by atoms with Crippen LogP contribution in [0, 0.1) is 11.6 Å². The molecule has 2 heterocycles. The van der Waals surface area contributed by atoms with Crippen molar-refractivity contribution >= 4 is 16.8 Å². The second kappa shape index (κ2) is 8.73. The Morgan fingerprint density at radius 2 is 1.70 bits per heavy atom. The van der Waals surface area contributed by atoms with E-state index in [1.54, 1.807) is 41.4 Å². The minimum atomic E-state index is -0.474. The minimum Gasteiger partial charge on any atom is -0.351 e. The molecule has 0 atom stereocenters. The van der Waals surface area contributed by atoms with Gasteiger partial charge in [-0.25, -0.2) is 18.7 Å². The summed E-state index contributed by atoms with van der Waals surface area (Å²) in [6.07, 6.45) is 9.85. The fourth-order valence-electron chi connectivity index (χ4n) is 4.94. The number of hydrogen-bond acceptors (Lipinski definition) is 3. The van der Waals surface area contributed by atoms with Crippen LogP contribution in [0.15, 0.2) is 67.1 Å². The fourth-order valence-corrected chi connectivity index (χ4v) is 4.94. The number of carbonyl (C=O) groups excluding carboxylic acids is 1. The average molecular weight is 447 g/mol. The molecule has 1 aliphatic carbocycles. The highest BCUT2D eigenvalue weighted by atomic mass is 19.1. The number of carbonyl (C=O) groups is 1. The van der Waals surface area contributed by atoms with E-state index in [2.05, 4.69) is 15.3 Å². The highest BCUT2D eigenvalue weighted by molar-refractivity contribution is 6.07. The fraction of sp³-hybridized carbons (Fsp3) is 0.269. The Morgan fingerprint density at radius 1 is 0.970 bits per heavy atom. The van der Waals surface area contributed by atoms with Crippen molar-refractivity contribution in [3.8, 4) is 5.95 Å². The molecule has 0 spiro atoms. The molecule has 4 aromatic rings.